The van der Waals surface area contributed by atoms with Crippen LogP contribution < -0.4 is 10.1 Å². The molecule has 5 nitrogen and oxygen atoms in total. The van der Waals surface area contributed by atoms with Gasteiger partial charge in [0.15, 0.2) is 0 Å². The Morgan fingerprint density at radius 2 is 2.42 bits per heavy atom. The Balaban J connectivity index is 1.65. The largest absolute Gasteiger partial charge is 0.508 e. The molecule has 1 aromatic carbocycles. The van der Waals surface area contributed by atoms with Crippen LogP contribution in [0.3, 0.4) is 0 Å². The van der Waals surface area contributed by atoms with Gasteiger partial charge in [0, 0.05) is 25.1 Å². The first kappa shape index (κ1) is 12.2. The SMILES string of the molecule is O=C1C[C@@H](CCOc2cc(O)cc3ncsc23)CN1. The number of hydrogen-bond donors (Lipinski definition) is 2. The lowest BCUT2D eigenvalue weighted by Crippen LogP contribution is -2.14. The van der Waals surface area contributed by atoms with Crippen molar-refractivity contribution in [3.05, 3.63) is 17.6 Å². The Bertz CT molecular complexity index is 611. The number of carbonyl (C=O) groups excluding carboxylic acids is 1. The average Bonchev–Trinajstić information content (AvgIpc) is 2.98. The van der Waals surface area contributed by atoms with Crippen LogP contribution in [0, 0.1) is 5.92 Å². The minimum absolute atomic E-state index is 0.118. The predicted octanol–water partition coefficient (Wildman–Crippen LogP) is 1.91. The van der Waals surface area contributed by atoms with Gasteiger partial charge in [0.2, 0.25) is 5.91 Å². The molecule has 1 aliphatic heterocycles. The van der Waals surface area contributed by atoms with Crippen LogP contribution in [0.15, 0.2) is 17.6 Å². The number of nitrogens with one attached hydrogen (secondary N) is 1. The Labute approximate surface area is 114 Å². The number of phenolic OH excluding ortho intramolecular Hbond substituents is 1. The smallest absolute Gasteiger partial charge is 0.220 e. The summed E-state index contributed by atoms with van der Waals surface area (Å²) in [6, 6.07) is 3.23. The van der Waals surface area contributed by atoms with Gasteiger partial charge < -0.3 is 15.2 Å². The van der Waals surface area contributed by atoms with E-state index in [0.717, 1.165) is 23.2 Å². The van der Waals surface area contributed by atoms with Gasteiger partial charge in [0.25, 0.3) is 0 Å². The Morgan fingerprint density at radius 3 is 3.21 bits per heavy atom. The number of phenols is 1. The fourth-order valence-corrected chi connectivity index (χ4v) is 2.97. The van der Waals surface area contributed by atoms with Gasteiger partial charge in [-0.25, -0.2) is 4.98 Å². The van der Waals surface area contributed by atoms with Crippen LogP contribution in [-0.2, 0) is 4.79 Å². The topological polar surface area (TPSA) is 71.5 Å². The summed E-state index contributed by atoms with van der Waals surface area (Å²) in [5.41, 5.74) is 2.48. The minimum atomic E-state index is 0.118. The molecule has 1 aliphatic rings. The highest BCUT2D eigenvalue weighted by atomic mass is 32.1. The van der Waals surface area contributed by atoms with Gasteiger partial charge in [-0.2, -0.15) is 0 Å². The molecule has 0 spiro atoms. The summed E-state index contributed by atoms with van der Waals surface area (Å²) < 4.78 is 6.67. The second kappa shape index (κ2) is 5.05. The van der Waals surface area contributed by atoms with E-state index in [4.69, 9.17) is 4.74 Å². The van der Waals surface area contributed by atoms with E-state index >= 15 is 0 Å². The van der Waals surface area contributed by atoms with E-state index in [-0.39, 0.29) is 11.7 Å². The summed E-state index contributed by atoms with van der Waals surface area (Å²) in [5, 5.41) is 12.4. The van der Waals surface area contributed by atoms with Crippen LogP contribution in [0.5, 0.6) is 11.5 Å². The van der Waals surface area contributed by atoms with Gasteiger partial charge in [-0.15, -0.1) is 11.3 Å². The van der Waals surface area contributed by atoms with Gasteiger partial charge in [-0.05, 0) is 12.3 Å². The molecule has 0 aliphatic carbocycles. The average molecular weight is 278 g/mol. The minimum Gasteiger partial charge on any atom is -0.508 e. The lowest BCUT2D eigenvalue weighted by Gasteiger charge is -2.10. The molecule has 19 heavy (non-hydrogen) atoms. The monoisotopic (exact) mass is 278 g/mol. The molecule has 3 rings (SSSR count). The molecule has 0 unspecified atom stereocenters. The molecule has 2 N–H and O–H groups in total. The van der Waals surface area contributed by atoms with E-state index in [9.17, 15) is 9.90 Å². The quantitative estimate of drug-likeness (QED) is 0.896. The van der Waals surface area contributed by atoms with E-state index in [1.165, 1.54) is 11.3 Å². The van der Waals surface area contributed by atoms with Crippen LogP contribution in [0.4, 0.5) is 0 Å². The zero-order valence-corrected chi connectivity index (χ0v) is 11.1. The van der Waals surface area contributed by atoms with Crippen molar-refractivity contribution < 1.29 is 14.6 Å². The number of benzene rings is 1. The third-order valence-corrected chi connectivity index (χ3v) is 4.08. The van der Waals surface area contributed by atoms with Crippen molar-refractivity contribution in [3.63, 3.8) is 0 Å². The second-order valence-corrected chi connectivity index (χ2v) is 5.51. The van der Waals surface area contributed by atoms with Crippen molar-refractivity contribution in [2.75, 3.05) is 13.2 Å². The van der Waals surface area contributed by atoms with Crippen molar-refractivity contribution in [2.45, 2.75) is 12.8 Å². The van der Waals surface area contributed by atoms with E-state index in [1.807, 2.05) is 0 Å². The number of ether oxygens (including phenoxy) is 1. The maximum Gasteiger partial charge on any atom is 0.220 e. The number of nitrogens with zero attached hydrogens (tertiary/aromatic N) is 1. The number of aromatic hydroxyl groups is 1. The van der Waals surface area contributed by atoms with Crippen molar-refractivity contribution in [1.82, 2.24) is 10.3 Å². The Hall–Kier alpha value is -1.82. The molecular weight excluding hydrogens is 264 g/mol. The molecule has 1 amide bonds. The maximum atomic E-state index is 11.1. The highest BCUT2D eigenvalue weighted by molar-refractivity contribution is 7.17. The highest BCUT2D eigenvalue weighted by Gasteiger charge is 2.21. The maximum absolute atomic E-state index is 11.1. The molecule has 1 fully saturated rings. The number of hydrogen-bond acceptors (Lipinski definition) is 5. The van der Waals surface area contributed by atoms with Crippen molar-refractivity contribution in [3.8, 4) is 11.5 Å². The molecule has 1 atom stereocenters. The van der Waals surface area contributed by atoms with E-state index < -0.39 is 0 Å². The molecule has 100 valence electrons. The number of fused-ring (bicyclic) bond motifs is 1. The zero-order chi connectivity index (χ0) is 13.2. The number of rotatable bonds is 4. The fraction of sp³-hybridized carbons (Fsp3) is 0.385. The van der Waals surface area contributed by atoms with Crippen molar-refractivity contribution in [1.29, 1.82) is 0 Å². The Kier molecular flexibility index (Phi) is 3.25. The highest BCUT2D eigenvalue weighted by Crippen LogP contribution is 2.33. The van der Waals surface area contributed by atoms with Crippen LogP contribution in [-0.4, -0.2) is 29.1 Å². The van der Waals surface area contributed by atoms with E-state index in [1.54, 1.807) is 17.6 Å². The normalized spacial score (nSPS) is 18.7. The number of thiazole rings is 1. The molecule has 2 heterocycles. The lowest BCUT2D eigenvalue weighted by molar-refractivity contribution is -0.119. The summed E-state index contributed by atoms with van der Waals surface area (Å²) in [6.45, 7) is 1.27. The predicted molar refractivity (Wildman–Crippen MR) is 72.5 cm³/mol. The van der Waals surface area contributed by atoms with Crippen LogP contribution in [0.1, 0.15) is 12.8 Å². The molecule has 0 radical (unpaired) electrons. The first-order valence-corrected chi connectivity index (χ1v) is 7.06. The third-order valence-electron chi connectivity index (χ3n) is 3.23. The summed E-state index contributed by atoms with van der Waals surface area (Å²) in [7, 11) is 0. The zero-order valence-electron chi connectivity index (χ0n) is 10.3. The molecular formula is C13H14N2O3S. The second-order valence-electron chi connectivity index (χ2n) is 4.66. The fourth-order valence-electron chi connectivity index (χ4n) is 2.24. The molecule has 2 aromatic rings. The first-order chi connectivity index (χ1) is 9.22. The molecule has 1 aromatic heterocycles. The number of aromatic nitrogens is 1. The van der Waals surface area contributed by atoms with Gasteiger partial charge in [0.05, 0.1) is 22.3 Å². The first-order valence-electron chi connectivity index (χ1n) is 6.18. The number of carbonyl (C=O) groups is 1. The van der Waals surface area contributed by atoms with E-state index in [2.05, 4.69) is 10.3 Å². The summed E-state index contributed by atoms with van der Waals surface area (Å²) in [5.74, 6) is 1.29. The molecule has 6 heteroatoms. The van der Waals surface area contributed by atoms with Gasteiger partial charge in [-0.1, -0.05) is 0 Å². The van der Waals surface area contributed by atoms with Crippen LogP contribution >= 0.6 is 11.3 Å². The lowest BCUT2D eigenvalue weighted by atomic mass is 10.1. The van der Waals surface area contributed by atoms with Gasteiger partial charge in [-0.3, -0.25) is 4.79 Å². The summed E-state index contributed by atoms with van der Waals surface area (Å²) in [4.78, 5) is 15.2. The van der Waals surface area contributed by atoms with Crippen LogP contribution in [0.2, 0.25) is 0 Å². The van der Waals surface area contributed by atoms with E-state index in [0.29, 0.717) is 24.7 Å². The Morgan fingerprint density at radius 1 is 1.53 bits per heavy atom. The van der Waals surface area contributed by atoms with Crippen molar-refractivity contribution >= 4 is 27.5 Å². The van der Waals surface area contributed by atoms with Crippen LogP contribution in [0.25, 0.3) is 10.2 Å². The van der Waals surface area contributed by atoms with Crippen molar-refractivity contribution in [2.24, 2.45) is 5.92 Å². The third kappa shape index (κ3) is 2.63. The van der Waals surface area contributed by atoms with Gasteiger partial charge in [0.1, 0.15) is 11.5 Å². The summed E-state index contributed by atoms with van der Waals surface area (Å²) >= 11 is 1.49. The molecule has 1 saturated heterocycles. The standard InChI is InChI=1S/C13H14N2O3S/c16-9-4-10-13(19-7-15-10)11(5-9)18-2-1-8-3-12(17)14-6-8/h4-5,7-8,16H,1-3,6H2,(H,14,17)/t8-/m1/s1. The number of amides is 1. The summed E-state index contributed by atoms with van der Waals surface area (Å²) in [6.07, 6.45) is 1.41. The molecule has 0 bridgehead atoms. The van der Waals surface area contributed by atoms with Gasteiger partial charge >= 0.3 is 0 Å². The molecule has 0 saturated carbocycles.